The summed E-state index contributed by atoms with van der Waals surface area (Å²) in [6.45, 7) is 2.10. The lowest BCUT2D eigenvalue weighted by Crippen LogP contribution is -2.26. The van der Waals surface area contributed by atoms with Gasteiger partial charge in [-0.25, -0.2) is 0 Å². The zero-order valence-electron chi connectivity index (χ0n) is 7.16. The van der Waals surface area contributed by atoms with E-state index in [9.17, 15) is 5.11 Å². The molecule has 0 aromatic heterocycles. The molecular formula is C9H18OS. The summed E-state index contributed by atoms with van der Waals surface area (Å²) in [6, 6.07) is 0. The fourth-order valence-electron chi connectivity index (χ4n) is 1.90. The van der Waals surface area contributed by atoms with Gasteiger partial charge < -0.3 is 5.11 Å². The van der Waals surface area contributed by atoms with Crippen molar-refractivity contribution >= 4 is 12.6 Å². The van der Waals surface area contributed by atoms with E-state index in [-0.39, 0.29) is 6.10 Å². The second-order valence-corrected chi connectivity index (χ2v) is 4.58. The highest BCUT2D eigenvalue weighted by Crippen LogP contribution is 2.28. The average Bonchev–Trinajstić information content (AvgIpc) is 1.93. The van der Waals surface area contributed by atoms with Crippen LogP contribution in [0.15, 0.2) is 0 Å². The van der Waals surface area contributed by atoms with Crippen LogP contribution >= 0.6 is 12.6 Å². The van der Waals surface area contributed by atoms with Gasteiger partial charge in [0.25, 0.3) is 0 Å². The monoisotopic (exact) mass is 174 g/mol. The van der Waals surface area contributed by atoms with Gasteiger partial charge in [0.1, 0.15) is 0 Å². The Morgan fingerprint density at radius 2 is 2.09 bits per heavy atom. The molecule has 66 valence electrons. The average molecular weight is 174 g/mol. The van der Waals surface area contributed by atoms with Gasteiger partial charge in [0.15, 0.2) is 0 Å². The lowest BCUT2D eigenvalue weighted by atomic mass is 9.84. The highest BCUT2D eigenvalue weighted by molar-refractivity contribution is 7.80. The summed E-state index contributed by atoms with van der Waals surface area (Å²) in [5.74, 6) is 0.524. The van der Waals surface area contributed by atoms with Crippen LogP contribution in [0, 0.1) is 5.92 Å². The highest BCUT2D eigenvalue weighted by Gasteiger charge is 2.23. The van der Waals surface area contributed by atoms with E-state index in [0.717, 1.165) is 12.8 Å². The molecule has 0 aromatic rings. The number of hydrogen-bond donors (Lipinski definition) is 2. The fraction of sp³-hybridized carbons (Fsp3) is 1.00. The zero-order chi connectivity index (χ0) is 8.27. The molecule has 0 amide bonds. The Labute approximate surface area is 74.6 Å². The predicted molar refractivity (Wildman–Crippen MR) is 51.0 cm³/mol. The summed E-state index contributed by atoms with van der Waals surface area (Å²) in [5.41, 5.74) is 0. The SMILES string of the molecule is CC(S)C[C@H]1CCCC[C@@H]1O. The Morgan fingerprint density at radius 3 is 2.64 bits per heavy atom. The third kappa shape index (κ3) is 3.04. The van der Waals surface area contributed by atoms with Crippen molar-refractivity contribution in [1.82, 2.24) is 0 Å². The zero-order valence-corrected chi connectivity index (χ0v) is 8.06. The molecule has 0 aromatic carbocycles. The summed E-state index contributed by atoms with van der Waals surface area (Å²) < 4.78 is 0. The molecule has 1 aliphatic rings. The Morgan fingerprint density at radius 1 is 1.45 bits per heavy atom. The Balaban J connectivity index is 2.29. The highest BCUT2D eigenvalue weighted by atomic mass is 32.1. The molecule has 1 nitrogen and oxygen atoms in total. The predicted octanol–water partition coefficient (Wildman–Crippen LogP) is 2.25. The van der Waals surface area contributed by atoms with Crippen molar-refractivity contribution in [1.29, 1.82) is 0 Å². The maximum Gasteiger partial charge on any atom is 0.0568 e. The van der Waals surface area contributed by atoms with Gasteiger partial charge in [-0.3, -0.25) is 0 Å². The molecule has 0 spiro atoms. The lowest BCUT2D eigenvalue weighted by molar-refractivity contribution is 0.0658. The van der Waals surface area contributed by atoms with Crippen molar-refractivity contribution in [2.45, 2.75) is 50.4 Å². The van der Waals surface area contributed by atoms with Crippen LogP contribution in [0.3, 0.4) is 0 Å². The maximum absolute atomic E-state index is 9.58. The quantitative estimate of drug-likeness (QED) is 0.615. The molecule has 2 heteroatoms. The van der Waals surface area contributed by atoms with Gasteiger partial charge in [0.2, 0.25) is 0 Å². The van der Waals surface area contributed by atoms with Gasteiger partial charge in [-0.15, -0.1) is 0 Å². The molecule has 0 bridgehead atoms. The third-order valence-corrected chi connectivity index (χ3v) is 2.72. The van der Waals surface area contributed by atoms with E-state index in [1.165, 1.54) is 19.3 Å². The van der Waals surface area contributed by atoms with E-state index < -0.39 is 0 Å². The molecule has 3 atom stereocenters. The molecule has 1 saturated carbocycles. The van der Waals surface area contributed by atoms with Crippen LogP contribution in [0.4, 0.5) is 0 Å². The summed E-state index contributed by atoms with van der Waals surface area (Å²) in [4.78, 5) is 0. The minimum atomic E-state index is -0.0432. The van der Waals surface area contributed by atoms with Crippen molar-refractivity contribution < 1.29 is 5.11 Å². The first-order valence-corrected chi connectivity index (χ1v) is 5.08. The first-order chi connectivity index (χ1) is 5.20. The smallest absolute Gasteiger partial charge is 0.0568 e. The summed E-state index contributed by atoms with van der Waals surface area (Å²) >= 11 is 4.34. The van der Waals surface area contributed by atoms with Crippen molar-refractivity contribution in [2.75, 3.05) is 0 Å². The minimum Gasteiger partial charge on any atom is -0.393 e. The standard InChI is InChI=1S/C9H18OS/c1-7(11)6-8-4-2-3-5-9(8)10/h7-11H,2-6H2,1H3/t7?,8-,9+/m1/s1. The van der Waals surface area contributed by atoms with Crippen molar-refractivity contribution in [3.8, 4) is 0 Å². The molecule has 1 unspecified atom stereocenters. The molecule has 1 rings (SSSR count). The van der Waals surface area contributed by atoms with Gasteiger partial charge in [-0.1, -0.05) is 19.8 Å². The fourth-order valence-corrected chi connectivity index (χ4v) is 2.17. The molecule has 0 radical (unpaired) electrons. The van der Waals surface area contributed by atoms with Crippen LogP contribution in [0.25, 0.3) is 0 Å². The first-order valence-electron chi connectivity index (χ1n) is 4.56. The van der Waals surface area contributed by atoms with E-state index >= 15 is 0 Å². The molecular weight excluding hydrogens is 156 g/mol. The summed E-state index contributed by atoms with van der Waals surface area (Å²) in [5, 5.41) is 10.0. The van der Waals surface area contributed by atoms with Gasteiger partial charge in [-0.05, 0) is 30.4 Å². The normalized spacial score (nSPS) is 35.2. The molecule has 11 heavy (non-hydrogen) atoms. The topological polar surface area (TPSA) is 20.2 Å². The van der Waals surface area contributed by atoms with E-state index in [4.69, 9.17) is 0 Å². The van der Waals surface area contributed by atoms with Crippen LogP contribution in [-0.4, -0.2) is 16.5 Å². The lowest BCUT2D eigenvalue weighted by Gasteiger charge is -2.28. The molecule has 0 heterocycles. The van der Waals surface area contributed by atoms with Crippen LogP contribution in [-0.2, 0) is 0 Å². The molecule has 1 aliphatic carbocycles. The molecule has 0 saturated heterocycles. The maximum atomic E-state index is 9.58. The third-order valence-electron chi connectivity index (χ3n) is 2.51. The molecule has 1 fully saturated rings. The summed E-state index contributed by atoms with van der Waals surface area (Å²) in [6.07, 6.45) is 5.74. The van der Waals surface area contributed by atoms with E-state index in [1.807, 2.05) is 0 Å². The van der Waals surface area contributed by atoms with Crippen molar-refractivity contribution in [3.05, 3.63) is 0 Å². The molecule has 0 aliphatic heterocycles. The minimum absolute atomic E-state index is 0.0432. The van der Waals surface area contributed by atoms with Crippen LogP contribution in [0.1, 0.15) is 39.0 Å². The molecule has 1 N–H and O–H groups in total. The van der Waals surface area contributed by atoms with Crippen LogP contribution in [0.5, 0.6) is 0 Å². The van der Waals surface area contributed by atoms with Gasteiger partial charge in [-0.2, -0.15) is 12.6 Å². The Hall–Kier alpha value is 0.310. The van der Waals surface area contributed by atoms with Crippen LogP contribution in [0.2, 0.25) is 0 Å². The van der Waals surface area contributed by atoms with E-state index in [2.05, 4.69) is 19.6 Å². The van der Waals surface area contributed by atoms with E-state index in [1.54, 1.807) is 0 Å². The number of hydrogen-bond acceptors (Lipinski definition) is 2. The van der Waals surface area contributed by atoms with Crippen molar-refractivity contribution in [2.24, 2.45) is 5.92 Å². The van der Waals surface area contributed by atoms with Gasteiger partial charge in [0, 0.05) is 0 Å². The van der Waals surface area contributed by atoms with Gasteiger partial charge in [0.05, 0.1) is 6.10 Å². The summed E-state index contributed by atoms with van der Waals surface area (Å²) in [7, 11) is 0. The van der Waals surface area contributed by atoms with E-state index in [0.29, 0.717) is 11.2 Å². The van der Waals surface area contributed by atoms with Gasteiger partial charge >= 0.3 is 0 Å². The largest absolute Gasteiger partial charge is 0.393 e. The number of rotatable bonds is 2. The Kier molecular flexibility index (Phi) is 3.73. The number of aliphatic hydroxyl groups is 1. The van der Waals surface area contributed by atoms with Crippen molar-refractivity contribution in [3.63, 3.8) is 0 Å². The number of thiol groups is 1. The number of aliphatic hydroxyl groups excluding tert-OH is 1. The second-order valence-electron chi connectivity index (χ2n) is 3.70. The first kappa shape index (κ1) is 9.40. The van der Waals surface area contributed by atoms with Crippen LogP contribution < -0.4 is 0 Å². The second kappa shape index (κ2) is 4.36. The Bertz CT molecular complexity index is 114.